The molecule has 0 saturated carbocycles. The lowest BCUT2D eigenvalue weighted by atomic mass is 9.86. The van der Waals surface area contributed by atoms with Crippen LogP contribution in [0.4, 0.5) is 5.13 Å². The predicted molar refractivity (Wildman–Crippen MR) is 69.3 cm³/mol. The molecule has 0 aliphatic rings. The predicted octanol–water partition coefficient (Wildman–Crippen LogP) is 0.883. The average Bonchev–Trinajstić information content (AvgIpc) is 2.58. The van der Waals surface area contributed by atoms with E-state index < -0.39 is 17.4 Å². The molecule has 7 heteroatoms. The molecule has 18 heavy (non-hydrogen) atoms. The highest BCUT2D eigenvalue weighted by Crippen LogP contribution is 2.19. The first-order chi connectivity index (χ1) is 8.20. The summed E-state index contributed by atoms with van der Waals surface area (Å²) in [6.45, 7) is 5.27. The van der Waals surface area contributed by atoms with Gasteiger partial charge in [0.25, 0.3) is 0 Å². The molecule has 6 nitrogen and oxygen atoms in total. The fourth-order valence-corrected chi connectivity index (χ4v) is 1.99. The number of nitrogens with one attached hydrogen (secondary N) is 1. The third-order valence-corrected chi connectivity index (χ3v) is 3.05. The van der Waals surface area contributed by atoms with Gasteiger partial charge in [-0.1, -0.05) is 20.8 Å². The van der Waals surface area contributed by atoms with Gasteiger partial charge in [0.1, 0.15) is 6.04 Å². The lowest BCUT2D eigenvalue weighted by molar-refractivity contribution is -0.144. The van der Waals surface area contributed by atoms with Crippen LogP contribution >= 0.6 is 11.3 Å². The van der Waals surface area contributed by atoms with Gasteiger partial charge < -0.3 is 16.2 Å². The molecule has 1 aromatic heterocycles. The first kappa shape index (κ1) is 14.4. The SMILES string of the molecule is CC(C)(C)[C@H](NC(=O)Cc1csc(N)n1)C(=O)O. The number of carbonyl (C=O) groups excluding carboxylic acids is 1. The van der Waals surface area contributed by atoms with Gasteiger partial charge in [-0.3, -0.25) is 4.79 Å². The fraction of sp³-hybridized carbons (Fsp3) is 0.545. The molecule has 0 aliphatic carbocycles. The van der Waals surface area contributed by atoms with E-state index in [9.17, 15) is 9.59 Å². The van der Waals surface area contributed by atoms with Crippen molar-refractivity contribution in [2.24, 2.45) is 5.41 Å². The Morgan fingerprint density at radius 1 is 1.56 bits per heavy atom. The molecule has 0 unspecified atom stereocenters. The van der Waals surface area contributed by atoms with Gasteiger partial charge in [-0.2, -0.15) is 0 Å². The molecule has 0 fully saturated rings. The summed E-state index contributed by atoms with van der Waals surface area (Å²) in [7, 11) is 0. The van der Waals surface area contributed by atoms with Gasteiger partial charge in [-0.05, 0) is 5.41 Å². The van der Waals surface area contributed by atoms with Crippen LogP contribution in [0.2, 0.25) is 0 Å². The molecule has 1 aromatic rings. The maximum Gasteiger partial charge on any atom is 0.326 e. The minimum atomic E-state index is -1.05. The molecule has 0 saturated heterocycles. The molecular formula is C11H17N3O3S. The Bertz CT molecular complexity index is 451. The number of aromatic nitrogens is 1. The fourth-order valence-electron chi connectivity index (χ4n) is 1.43. The topological polar surface area (TPSA) is 105 Å². The van der Waals surface area contributed by atoms with E-state index in [1.165, 1.54) is 11.3 Å². The summed E-state index contributed by atoms with van der Waals surface area (Å²) in [4.78, 5) is 26.8. The Morgan fingerprint density at radius 3 is 2.56 bits per heavy atom. The average molecular weight is 271 g/mol. The molecule has 1 atom stereocenters. The van der Waals surface area contributed by atoms with Crippen LogP contribution in [-0.2, 0) is 16.0 Å². The van der Waals surface area contributed by atoms with Crippen LogP contribution in [-0.4, -0.2) is 28.0 Å². The van der Waals surface area contributed by atoms with E-state index in [-0.39, 0.29) is 12.3 Å². The maximum atomic E-state index is 11.7. The second-order valence-corrected chi connectivity index (χ2v) is 5.95. The smallest absolute Gasteiger partial charge is 0.326 e. The molecule has 1 amide bonds. The normalized spacial score (nSPS) is 13.1. The van der Waals surface area contributed by atoms with Gasteiger partial charge in [0.15, 0.2) is 5.13 Å². The first-order valence-electron chi connectivity index (χ1n) is 5.42. The van der Waals surface area contributed by atoms with Crippen molar-refractivity contribution in [3.8, 4) is 0 Å². The van der Waals surface area contributed by atoms with Crippen molar-refractivity contribution in [3.05, 3.63) is 11.1 Å². The van der Waals surface area contributed by atoms with Crippen molar-refractivity contribution in [1.82, 2.24) is 10.3 Å². The van der Waals surface area contributed by atoms with Crippen LogP contribution in [0.1, 0.15) is 26.5 Å². The van der Waals surface area contributed by atoms with Gasteiger partial charge >= 0.3 is 5.97 Å². The number of nitrogen functional groups attached to an aromatic ring is 1. The molecule has 0 spiro atoms. The van der Waals surface area contributed by atoms with E-state index in [1.54, 1.807) is 26.2 Å². The Balaban J connectivity index is 2.65. The molecule has 0 radical (unpaired) electrons. The molecule has 100 valence electrons. The number of hydrogen-bond donors (Lipinski definition) is 3. The molecular weight excluding hydrogens is 254 g/mol. The summed E-state index contributed by atoms with van der Waals surface area (Å²) < 4.78 is 0. The van der Waals surface area contributed by atoms with E-state index in [1.807, 2.05) is 0 Å². The number of hydrogen-bond acceptors (Lipinski definition) is 5. The monoisotopic (exact) mass is 271 g/mol. The van der Waals surface area contributed by atoms with Crippen molar-refractivity contribution in [2.75, 3.05) is 5.73 Å². The number of carbonyl (C=O) groups is 2. The van der Waals surface area contributed by atoms with E-state index >= 15 is 0 Å². The lowest BCUT2D eigenvalue weighted by Gasteiger charge is -2.27. The highest BCUT2D eigenvalue weighted by molar-refractivity contribution is 7.13. The van der Waals surface area contributed by atoms with Crippen LogP contribution in [0.5, 0.6) is 0 Å². The van der Waals surface area contributed by atoms with Crippen molar-refractivity contribution in [2.45, 2.75) is 33.2 Å². The van der Waals surface area contributed by atoms with Crippen molar-refractivity contribution in [1.29, 1.82) is 0 Å². The number of nitrogens with two attached hydrogens (primary N) is 1. The zero-order chi connectivity index (χ0) is 13.9. The van der Waals surface area contributed by atoms with Crippen LogP contribution < -0.4 is 11.1 Å². The number of carboxylic acids is 1. The summed E-state index contributed by atoms with van der Waals surface area (Å²) in [5.74, 6) is -1.42. The lowest BCUT2D eigenvalue weighted by Crippen LogP contribution is -2.49. The second kappa shape index (κ2) is 5.34. The van der Waals surface area contributed by atoms with Crippen LogP contribution in [0.25, 0.3) is 0 Å². The molecule has 1 heterocycles. The summed E-state index contributed by atoms with van der Waals surface area (Å²) in [6, 6.07) is -0.930. The molecule has 4 N–H and O–H groups in total. The van der Waals surface area contributed by atoms with Gasteiger partial charge in [0.2, 0.25) is 5.91 Å². The second-order valence-electron chi connectivity index (χ2n) is 5.06. The summed E-state index contributed by atoms with van der Waals surface area (Å²) >= 11 is 1.25. The van der Waals surface area contributed by atoms with Gasteiger partial charge in [-0.25, -0.2) is 9.78 Å². The number of amides is 1. The number of rotatable bonds is 4. The van der Waals surface area contributed by atoms with Crippen molar-refractivity contribution < 1.29 is 14.7 Å². The minimum absolute atomic E-state index is 0.0353. The number of aliphatic carboxylic acids is 1. The third-order valence-electron chi connectivity index (χ3n) is 2.33. The van der Waals surface area contributed by atoms with E-state index in [2.05, 4.69) is 10.3 Å². The zero-order valence-electron chi connectivity index (χ0n) is 10.6. The summed E-state index contributed by atoms with van der Waals surface area (Å²) in [5.41, 5.74) is 5.45. The standard InChI is InChI=1S/C11H17N3O3S/c1-11(2,3)8(9(16)17)14-7(15)4-6-5-18-10(12)13-6/h5,8H,4H2,1-3H3,(H2,12,13)(H,14,15)(H,16,17)/t8-/m1/s1. The zero-order valence-corrected chi connectivity index (χ0v) is 11.4. The number of carboxylic acid groups (broad SMARTS) is 1. The molecule has 0 aromatic carbocycles. The first-order valence-corrected chi connectivity index (χ1v) is 6.30. The Labute approximate surface area is 109 Å². The molecule has 0 bridgehead atoms. The van der Waals surface area contributed by atoms with Gasteiger partial charge in [0, 0.05) is 5.38 Å². The third kappa shape index (κ3) is 3.99. The highest BCUT2D eigenvalue weighted by Gasteiger charge is 2.32. The van der Waals surface area contributed by atoms with Crippen molar-refractivity contribution >= 4 is 28.3 Å². The summed E-state index contributed by atoms with van der Waals surface area (Å²) in [5, 5.41) is 13.7. The Kier molecular flexibility index (Phi) is 4.28. The quantitative estimate of drug-likeness (QED) is 0.754. The number of anilines is 1. The maximum absolute atomic E-state index is 11.7. The Morgan fingerprint density at radius 2 is 2.17 bits per heavy atom. The van der Waals surface area contributed by atoms with Crippen LogP contribution in [0, 0.1) is 5.41 Å². The van der Waals surface area contributed by atoms with Gasteiger partial charge in [0.05, 0.1) is 12.1 Å². The number of thiazole rings is 1. The van der Waals surface area contributed by atoms with Crippen molar-refractivity contribution in [3.63, 3.8) is 0 Å². The molecule has 1 rings (SSSR count). The van der Waals surface area contributed by atoms with Gasteiger partial charge in [-0.15, -0.1) is 11.3 Å². The van der Waals surface area contributed by atoms with E-state index in [4.69, 9.17) is 10.8 Å². The Hall–Kier alpha value is -1.63. The minimum Gasteiger partial charge on any atom is -0.480 e. The van der Waals surface area contributed by atoms with E-state index in [0.717, 1.165) is 0 Å². The van der Waals surface area contributed by atoms with Crippen LogP contribution in [0.3, 0.4) is 0 Å². The molecule has 0 aliphatic heterocycles. The van der Waals surface area contributed by atoms with E-state index in [0.29, 0.717) is 10.8 Å². The summed E-state index contributed by atoms with van der Waals surface area (Å²) in [6.07, 6.45) is 0.0353. The highest BCUT2D eigenvalue weighted by atomic mass is 32.1. The van der Waals surface area contributed by atoms with Crippen LogP contribution in [0.15, 0.2) is 5.38 Å². The largest absolute Gasteiger partial charge is 0.480 e. The number of nitrogens with zero attached hydrogens (tertiary/aromatic N) is 1.